The molecule has 114 valence electrons. The molecular weight excluding hydrogens is 232 g/mol. The summed E-state index contributed by atoms with van der Waals surface area (Å²) in [7, 11) is 0. The van der Waals surface area contributed by atoms with Crippen LogP contribution in [0.5, 0.6) is 0 Å². The Balaban J connectivity index is 4.13. The lowest BCUT2D eigenvalue weighted by molar-refractivity contribution is 0.173. The van der Waals surface area contributed by atoms with Crippen LogP contribution in [0.2, 0.25) is 0 Å². The van der Waals surface area contributed by atoms with Gasteiger partial charge in [-0.15, -0.1) is 6.58 Å². The molecule has 0 aromatic carbocycles. The molecular formula is C18H36O. The summed E-state index contributed by atoms with van der Waals surface area (Å²) in [6.45, 7) is 18.3. The Bertz CT molecular complexity index is 263. The molecule has 1 N–H and O–H groups in total. The summed E-state index contributed by atoms with van der Waals surface area (Å²) < 4.78 is 0. The number of rotatable bonds is 10. The zero-order valence-corrected chi connectivity index (χ0v) is 14.2. The van der Waals surface area contributed by atoms with Crippen molar-refractivity contribution in [1.29, 1.82) is 0 Å². The molecule has 0 saturated carbocycles. The van der Waals surface area contributed by atoms with Gasteiger partial charge >= 0.3 is 0 Å². The van der Waals surface area contributed by atoms with Crippen molar-refractivity contribution in [2.45, 2.75) is 80.1 Å². The quantitative estimate of drug-likeness (QED) is 0.512. The second-order valence-electron chi connectivity index (χ2n) is 8.15. The van der Waals surface area contributed by atoms with E-state index in [1.807, 2.05) is 0 Å². The zero-order valence-electron chi connectivity index (χ0n) is 14.2. The van der Waals surface area contributed by atoms with Gasteiger partial charge in [-0.05, 0) is 49.4 Å². The van der Waals surface area contributed by atoms with Gasteiger partial charge in [0, 0.05) is 6.61 Å². The summed E-state index contributed by atoms with van der Waals surface area (Å²) >= 11 is 0. The Hall–Kier alpha value is -0.300. The smallest absolute Gasteiger partial charge is 0.0433 e. The SMILES string of the molecule is C=C(C)CC(C)(C)CC(C)(C)CCCC(C)CCO. The highest BCUT2D eigenvalue weighted by Gasteiger charge is 2.28. The van der Waals surface area contributed by atoms with E-state index in [9.17, 15) is 0 Å². The number of aliphatic hydroxyl groups is 1. The monoisotopic (exact) mass is 268 g/mol. The van der Waals surface area contributed by atoms with E-state index >= 15 is 0 Å². The van der Waals surface area contributed by atoms with E-state index < -0.39 is 0 Å². The van der Waals surface area contributed by atoms with E-state index in [4.69, 9.17) is 5.11 Å². The van der Waals surface area contributed by atoms with Gasteiger partial charge in [0.05, 0.1) is 0 Å². The van der Waals surface area contributed by atoms with Crippen LogP contribution < -0.4 is 0 Å². The molecule has 1 nitrogen and oxygen atoms in total. The maximum atomic E-state index is 8.92. The Labute approximate surface area is 121 Å². The van der Waals surface area contributed by atoms with Crippen LogP contribution in [0.25, 0.3) is 0 Å². The fraction of sp³-hybridized carbons (Fsp3) is 0.889. The molecule has 1 unspecified atom stereocenters. The molecule has 0 aromatic rings. The third kappa shape index (κ3) is 10.2. The molecule has 0 amide bonds. The third-order valence-corrected chi connectivity index (χ3v) is 3.91. The maximum Gasteiger partial charge on any atom is 0.0433 e. The molecule has 0 bridgehead atoms. The summed E-state index contributed by atoms with van der Waals surface area (Å²) in [5, 5.41) is 8.92. The lowest BCUT2D eigenvalue weighted by Gasteiger charge is -2.35. The lowest BCUT2D eigenvalue weighted by atomic mass is 9.70. The van der Waals surface area contributed by atoms with E-state index in [0.29, 0.717) is 23.4 Å². The number of hydrogen-bond donors (Lipinski definition) is 1. The highest BCUT2D eigenvalue weighted by molar-refractivity contribution is 4.95. The predicted octanol–water partition coefficient (Wildman–Crippen LogP) is 5.58. The second-order valence-corrected chi connectivity index (χ2v) is 8.15. The molecule has 0 spiro atoms. The van der Waals surface area contributed by atoms with E-state index in [2.05, 4.69) is 48.1 Å². The highest BCUT2D eigenvalue weighted by Crippen LogP contribution is 2.40. The molecule has 0 heterocycles. The summed E-state index contributed by atoms with van der Waals surface area (Å²) in [5.74, 6) is 0.657. The first kappa shape index (κ1) is 18.7. The molecule has 0 saturated heterocycles. The first-order valence-corrected chi connectivity index (χ1v) is 7.83. The zero-order chi connectivity index (χ0) is 15.1. The Morgan fingerprint density at radius 2 is 1.68 bits per heavy atom. The van der Waals surface area contributed by atoms with Gasteiger partial charge in [-0.2, -0.15) is 0 Å². The summed E-state index contributed by atoms with van der Waals surface area (Å²) in [6, 6.07) is 0. The van der Waals surface area contributed by atoms with E-state index in [1.165, 1.54) is 31.3 Å². The summed E-state index contributed by atoms with van der Waals surface area (Å²) in [5.41, 5.74) is 2.04. The third-order valence-electron chi connectivity index (χ3n) is 3.91. The Kier molecular flexibility index (Phi) is 7.96. The fourth-order valence-electron chi connectivity index (χ4n) is 3.56. The Morgan fingerprint density at radius 3 is 2.16 bits per heavy atom. The molecule has 0 aliphatic rings. The van der Waals surface area contributed by atoms with Gasteiger partial charge in [-0.3, -0.25) is 0 Å². The van der Waals surface area contributed by atoms with Crippen LogP contribution >= 0.6 is 0 Å². The molecule has 19 heavy (non-hydrogen) atoms. The second kappa shape index (κ2) is 8.09. The van der Waals surface area contributed by atoms with Crippen molar-refractivity contribution >= 4 is 0 Å². The van der Waals surface area contributed by atoms with Crippen molar-refractivity contribution in [3.63, 3.8) is 0 Å². The number of hydrogen-bond acceptors (Lipinski definition) is 1. The summed E-state index contributed by atoms with van der Waals surface area (Å²) in [6.07, 6.45) is 7.12. The number of allylic oxidation sites excluding steroid dienone is 1. The van der Waals surface area contributed by atoms with Crippen LogP contribution in [-0.2, 0) is 0 Å². The van der Waals surface area contributed by atoms with Crippen molar-refractivity contribution < 1.29 is 5.11 Å². The van der Waals surface area contributed by atoms with E-state index in [1.54, 1.807) is 0 Å². The predicted molar refractivity (Wildman–Crippen MR) is 86.3 cm³/mol. The van der Waals surface area contributed by atoms with Gasteiger partial charge in [0.15, 0.2) is 0 Å². The molecule has 0 aliphatic heterocycles. The average Bonchev–Trinajstić information content (AvgIpc) is 2.12. The highest BCUT2D eigenvalue weighted by atomic mass is 16.3. The van der Waals surface area contributed by atoms with Crippen LogP contribution in [0, 0.1) is 16.7 Å². The standard InChI is InChI=1S/C18H36O/c1-15(2)13-18(6,7)14-17(4,5)11-8-9-16(3)10-12-19/h16,19H,1,8-14H2,2-7H3. The van der Waals surface area contributed by atoms with Gasteiger partial charge in [-0.25, -0.2) is 0 Å². The van der Waals surface area contributed by atoms with Gasteiger partial charge in [0.1, 0.15) is 0 Å². The largest absolute Gasteiger partial charge is 0.396 e. The normalized spacial score (nSPS) is 14.5. The van der Waals surface area contributed by atoms with Crippen LogP contribution in [0.4, 0.5) is 0 Å². The molecule has 0 aromatic heterocycles. The maximum absolute atomic E-state index is 8.92. The molecule has 0 rings (SSSR count). The number of aliphatic hydroxyl groups excluding tert-OH is 1. The van der Waals surface area contributed by atoms with Crippen LogP contribution in [0.1, 0.15) is 80.1 Å². The molecule has 1 atom stereocenters. The van der Waals surface area contributed by atoms with Gasteiger partial charge in [0.25, 0.3) is 0 Å². The first-order chi connectivity index (χ1) is 8.58. The minimum absolute atomic E-state index is 0.330. The molecule has 0 fully saturated rings. The minimum Gasteiger partial charge on any atom is -0.396 e. The van der Waals surface area contributed by atoms with Crippen LogP contribution in [0.15, 0.2) is 12.2 Å². The lowest BCUT2D eigenvalue weighted by Crippen LogP contribution is -2.23. The first-order valence-electron chi connectivity index (χ1n) is 7.83. The Morgan fingerprint density at radius 1 is 1.11 bits per heavy atom. The molecule has 0 aliphatic carbocycles. The van der Waals surface area contributed by atoms with Gasteiger partial charge in [0.2, 0.25) is 0 Å². The van der Waals surface area contributed by atoms with Crippen molar-refractivity contribution in [2.75, 3.05) is 6.61 Å². The summed E-state index contributed by atoms with van der Waals surface area (Å²) in [4.78, 5) is 0. The average molecular weight is 268 g/mol. The molecule has 0 radical (unpaired) electrons. The van der Waals surface area contributed by atoms with Crippen LogP contribution in [-0.4, -0.2) is 11.7 Å². The van der Waals surface area contributed by atoms with E-state index in [-0.39, 0.29) is 0 Å². The minimum atomic E-state index is 0.330. The van der Waals surface area contributed by atoms with Crippen molar-refractivity contribution in [3.8, 4) is 0 Å². The van der Waals surface area contributed by atoms with E-state index in [0.717, 1.165) is 12.8 Å². The van der Waals surface area contributed by atoms with Crippen molar-refractivity contribution in [2.24, 2.45) is 16.7 Å². The fourth-order valence-corrected chi connectivity index (χ4v) is 3.56. The van der Waals surface area contributed by atoms with Crippen molar-refractivity contribution in [3.05, 3.63) is 12.2 Å². The van der Waals surface area contributed by atoms with Crippen molar-refractivity contribution in [1.82, 2.24) is 0 Å². The van der Waals surface area contributed by atoms with Crippen LogP contribution in [0.3, 0.4) is 0 Å². The molecule has 1 heteroatoms. The topological polar surface area (TPSA) is 20.2 Å². The van der Waals surface area contributed by atoms with Gasteiger partial charge < -0.3 is 5.11 Å². The van der Waals surface area contributed by atoms with Gasteiger partial charge in [-0.1, -0.05) is 53.0 Å².